The number of anilines is 1. The summed E-state index contributed by atoms with van der Waals surface area (Å²) in [5.41, 5.74) is 2.50. The Morgan fingerprint density at radius 3 is 2.49 bits per heavy atom. The van der Waals surface area contributed by atoms with Crippen LogP contribution in [0.5, 0.6) is 5.75 Å². The first kappa shape index (κ1) is 27.3. The predicted octanol–water partition coefficient (Wildman–Crippen LogP) is 6.52. The van der Waals surface area contributed by atoms with Crippen LogP contribution >= 0.6 is 0 Å². The minimum atomic E-state index is -0.364. The van der Waals surface area contributed by atoms with E-state index in [1.54, 1.807) is 22.9 Å². The predicted molar refractivity (Wildman–Crippen MR) is 160 cm³/mol. The molecule has 214 valence electrons. The second-order valence-corrected chi connectivity index (χ2v) is 11.7. The van der Waals surface area contributed by atoms with E-state index in [-0.39, 0.29) is 29.3 Å². The van der Waals surface area contributed by atoms with Crippen LogP contribution in [-0.2, 0) is 11.3 Å². The highest BCUT2D eigenvalue weighted by molar-refractivity contribution is 6.08. The average molecular weight is 555 g/mol. The summed E-state index contributed by atoms with van der Waals surface area (Å²) in [6, 6.07) is 18.0. The van der Waals surface area contributed by atoms with Gasteiger partial charge in [0.05, 0.1) is 29.8 Å². The molecule has 2 aliphatic carbocycles. The summed E-state index contributed by atoms with van der Waals surface area (Å²) in [6.45, 7) is 5.29. The molecule has 0 aliphatic heterocycles. The maximum atomic E-state index is 13.5. The van der Waals surface area contributed by atoms with E-state index in [1.165, 1.54) is 5.56 Å². The summed E-state index contributed by atoms with van der Waals surface area (Å²) in [6.07, 6.45) is 9.96. The normalized spacial score (nSPS) is 19.0. The van der Waals surface area contributed by atoms with Gasteiger partial charge >= 0.3 is 0 Å². The number of hydrogen-bond acceptors (Lipinski definition) is 5. The monoisotopic (exact) mass is 554 g/mol. The fourth-order valence-corrected chi connectivity index (χ4v) is 5.72. The molecule has 2 aromatic carbocycles. The Bertz CT molecular complexity index is 1560. The topological polar surface area (TPSA) is 87.4 Å². The number of hydrogen-bond donors (Lipinski definition) is 1. The summed E-state index contributed by atoms with van der Waals surface area (Å²) in [5.74, 6) is 0.661. The second kappa shape index (κ2) is 11.9. The Hall–Kier alpha value is -3.91. The highest BCUT2D eigenvalue weighted by Crippen LogP contribution is 2.35. The van der Waals surface area contributed by atoms with Crippen LogP contribution in [0.1, 0.15) is 80.4 Å². The number of nitrogens with zero attached hydrogens (tertiary/aromatic N) is 3. The molecule has 0 unspecified atom stereocenters. The number of fused-ring (bicyclic) bond motifs is 1. The van der Waals surface area contributed by atoms with E-state index < -0.39 is 0 Å². The van der Waals surface area contributed by atoms with Crippen molar-refractivity contribution in [2.24, 2.45) is 5.92 Å². The molecule has 2 aromatic heterocycles. The summed E-state index contributed by atoms with van der Waals surface area (Å²) >= 11 is 0. The number of aromatic nitrogens is 3. The molecule has 2 fully saturated rings. The van der Waals surface area contributed by atoms with Gasteiger partial charge in [-0.15, -0.1) is 0 Å². The first-order valence-electron chi connectivity index (χ1n) is 14.8. The van der Waals surface area contributed by atoms with Gasteiger partial charge in [-0.1, -0.05) is 30.3 Å². The van der Waals surface area contributed by atoms with Crippen LogP contribution in [0.15, 0.2) is 71.8 Å². The third-order valence-corrected chi connectivity index (χ3v) is 8.05. The zero-order valence-corrected chi connectivity index (χ0v) is 23.8. The highest BCUT2D eigenvalue weighted by Gasteiger charge is 2.27. The summed E-state index contributed by atoms with van der Waals surface area (Å²) < 4.78 is 15.8. The Morgan fingerprint density at radius 1 is 1.00 bits per heavy atom. The van der Waals surface area contributed by atoms with Crippen molar-refractivity contribution in [1.29, 1.82) is 0 Å². The molecule has 4 aromatic rings. The van der Waals surface area contributed by atoms with Crippen molar-refractivity contribution in [1.82, 2.24) is 14.3 Å². The van der Waals surface area contributed by atoms with Crippen LogP contribution < -0.4 is 15.6 Å². The van der Waals surface area contributed by atoms with Crippen LogP contribution in [0.2, 0.25) is 0 Å². The average Bonchev–Trinajstić information content (AvgIpc) is 3.73. The summed E-state index contributed by atoms with van der Waals surface area (Å²) in [7, 11) is 0. The van der Waals surface area contributed by atoms with Crippen LogP contribution in [0.3, 0.4) is 0 Å². The van der Waals surface area contributed by atoms with Gasteiger partial charge in [0.25, 0.3) is 11.5 Å². The van der Waals surface area contributed by atoms with Gasteiger partial charge in [0.15, 0.2) is 0 Å². The van der Waals surface area contributed by atoms with E-state index in [0.29, 0.717) is 29.9 Å². The summed E-state index contributed by atoms with van der Waals surface area (Å²) in [5, 5.41) is 8.60. The number of nitrogens with one attached hydrogen (secondary N) is 1. The van der Waals surface area contributed by atoms with E-state index in [9.17, 15) is 9.59 Å². The van der Waals surface area contributed by atoms with E-state index >= 15 is 0 Å². The lowest BCUT2D eigenvalue weighted by Crippen LogP contribution is -2.25. The standard InChI is InChI=1S/C33H38N4O4/c1-22(2)41-31-18-30-25(17-28(31)32(38)34-29-9-6-16-36(33(29)39)26-14-15-26)19-37(35-30)27-12-10-24(11-13-27)21-40-20-23-7-4-3-5-8-23/h3-9,16-19,22,24,26-27H,10-15,20-21H2,1-2H3,(H,34,38). The van der Waals surface area contributed by atoms with Gasteiger partial charge in [-0.25, -0.2) is 0 Å². The molecule has 0 spiro atoms. The van der Waals surface area contributed by atoms with Crippen molar-refractivity contribution in [3.8, 4) is 5.75 Å². The molecule has 41 heavy (non-hydrogen) atoms. The number of carbonyl (C=O) groups excluding carboxylic acids is 1. The first-order valence-corrected chi connectivity index (χ1v) is 14.8. The minimum absolute atomic E-state index is 0.121. The van der Waals surface area contributed by atoms with Crippen molar-refractivity contribution >= 4 is 22.5 Å². The second-order valence-electron chi connectivity index (χ2n) is 11.7. The molecule has 1 N–H and O–H groups in total. The maximum Gasteiger partial charge on any atom is 0.274 e. The molecule has 8 nitrogen and oxygen atoms in total. The molecule has 8 heteroatoms. The maximum absolute atomic E-state index is 13.5. The van der Waals surface area contributed by atoms with E-state index in [0.717, 1.165) is 56.0 Å². The lowest BCUT2D eigenvalue weighted by Gasteiger charge is -2.28. The smallest absolute Gasteiger partial charge is 0.274 e. The number of pyridine rings is 1. The molecule has 6 rings (SSSR count). The molecule has 0 bridgehead atoms. The molecule has 2 heterocycles. The van der Waals surface area contributed by atoms with Crippen LogP contribution in [0, 0.1) is 5.92 Å². The van der Waals surface area contributed by atoms with Gasteiger partial charge in [-0.3, -0.25) is 14.3 Å². The Labute approximate surface area is 240 Å². The van der Waals surface area contributed by atoms with E-state index in [4.69, 9.17) is 14.6 Å². The molecule has 1 amide bonds. The van der Waals surface area contributed by atoms with Gasteiger partial charge in [0, 0.05) is 36.5 Å². The summed E-state index contributed by atoms with van der Waals surface area (Å²) in [4.78, 5) is 26.4. The largest absolute Gasteiger partial charge is 0.490 e. The van der Waals surface area contributed by atoms with Crippen LogP contribution in [-0.4, -0.2) is 33.0 Å². The lowest BCUT2D eigenvalue weighted by molar-refractivity contribution is 0.0671. The zero-order valence-electron chi connectivity index (χ0n) is 23.8. The number of rotatable bonds is 10. The van der Waals surface area contributed by atoms with Gasteiger partial charge in [-0.2, -0.15) is 5.10 Å². The van der Waals surface area contributed by atoms with E-state index in [2.05, 4.69) is 22.1 Å². The lowest BCUT2D eigenvalue weighted by atomic mass is 9.86. The van der Waals surface area contributed by atoms with Gasteiger partial charge < -0.3 is 19.4 Å². The third kappa shape index (κ3) is 6.38. The van der Waals surface area contributed by atoms with E-state index in [1.807, 2.05) is 50.4 Å². The SMILES string of the molecule is CC(C)Oc1cc2nn(C3CCC(COCc4ccccc4)CC3)cc2cc1C(=O)Nc1cccn(C2CC2)c1=O. The quantitative estimate of drug-likeness (QED) is 0.241. The highest BCUT2D eigenvalue weighted by atomic mass is 16.5. The van der Waals surface area contributed by atoms with Gasteiger partial charge in [-0.05, 0) is 82.1 Å². The van der Waals surface area contributed by atoms with Gasteiger partial charge in [0.1, 0.15) is 11.4 Å². The van der Waals surface area contributed by atoms with Crippen molar-refractivity contribution < 1.29 is 14.3 Å². The van der Waals surface area contributed by atoms with Crippen molar-refractivity contribution in [2.45, 2.75) is 77.2 Å². The van der Waals surface area contributed by atoms with Crippen molar-refractivity contribution in [2.75, 3.05) is 11.9 Å². The molecule has 2 aliphatic rings. The number of benzene rings is 2. The Balaban J connectivity index is 1.15. The third-order valence-electron chi connectivity index (χ3n) is 8.05. The number of amides is 1. The molecule has 0 radical (unpaired) electrons. The number of carbonyl (C=O) groups is 1. The molecule has 0 saturated heterocycles. The van der Waals surface area contributed by atoms with Crippen molar-refractivity contribution in [3.05, 3.63) is 88.5 Å². The number of ether oxygens (including phenoxy) is 2. The minimum Gasteiger partial charge on any atom is -0.490 e. The van der Waals surface area contributed by atoms with Crippen LogP contribution in [0.4, 0.5) is 5.69 Å². The van der Waals surface area contributed by atoms with Crippen LogP contribution in [0.25, 0.3) is 10.9 Å². The zero-order chi connectivity index (χ0) is 28.3. The Morgan fingerprint density at radius 2 is 1.76 bits per heavy atom. The Kier molecular flexibility index (Phi) is 7.92. The first-order chi connectivity index (χ1) is 19.9. The molecular formula is C33H38N4O4. The molecule has 2 saturated carbocycles. The fraction of sp³-hybridized carbons (Fsp3) is 0.424. The molecular weight excluding hydrogens is 516 g/mol. The fourth-order valence-electron chi connectivity index (χ4n) is 5.72. The molecule has 0 atom stereocenters. The van der Waals surface area contributed by atoms with Crippen molar-refractivity contribution in [3.63, 3.8) is 0 Å². The van der Waals surface area contributed by atoms with Gasteiger partial charge in [0.2, 0.25) is 0 Å².